The normalized spacial score (nSPS) is 13.3. The Labute approximate surface area is 117 Å². The van der Waals surface area contributed by atoms with Gasteiger partial charge in [-0.05, 0) is 17.7 Å². The third kappa shape index (κ3) is 2.16. The second-order valence-corrected chi connectivity index (χ2v) is 4.78. The molecule has 0 aliphatic carbocycles. The Hall–Kier alpha value is -2.63. The molecule has 0 unspecified atom stereocenters. The molecule has 0 saturated carbocycles. The minimum Gasteiger partial charge on any atom is -0.312 e. The topological polar surface area (TPSA) is 77.4 Å². The zero-order valence-corrected chi connectivity index (χ0v) is 10.9. The van der Waals surface area contributed by atoms with Crippen LogP contribution in [0.1, 0.15) is 28.1 Å². The van der Waals surface area contributed by atoms with Gasteiger partial charge in [0.15, 0.2) is 5.69 Å². The standard InChI is InChI=1S/C15H13N5/c16-7-11-2-1-3-12(6-11)10-20-15-4-5-18-9-13(15)14(8-17)19-20/h1-3,6,18H,4-5,9-10H2. The van der Waals surface area contributed by atoms with E-state index >= 15 is 0 Å². The number of aromatic nitrogens is 2. The van der Waals surface area contributed by atoms with Crippen LogP contribution in [0.3, 0.4) is 0 Å². The van der Waals surface area contributed by atoms with Crippen molar-refractivity contribution in [2.45, 2.75) is 19.5 Å². The molecule has 0 fully saturated rings. The van der Waals surface area contributed by atoms with E-state index in [-0.39, 0.29) is 0 Å². The fraction of sp³-hybridized carbons (Fsp3) is 0.267. The zero-order chi connectivity index (χ0) is 13.9. The first-order valence-corrected chi connectivity index (χ1v) is 6.50. The summed E-state index contributed by atoms with van der Waals surface area (Å²) in [4.78, 5) is 0. The molecule has 0 atom stereocenters. The molecule has 2 heterocycles. The van der Waals surface area contributed by atoms with Gasteiger partial charge in [0.05, 0.1) is 18.2 Å². The van der Waals surface area contributed by atoms with Crippen LogP contribution >= 0.6 is 0 Å². The Morgan fingerprint density at radius 1 is 1.30 bits per heavy atom. The second kappa shape index (κ2) is 5.16. The lowest BCUT2D eigenvalue weighted by atomic mass is 10.1. The minimum absolute atomic E-state index is 0.503. The maximum Gasteiger partial charge on any atom is 0.167 e. The van der Waals surface area contributed by atoms with Gasteiger partial charge in [0, 0.05) is 30.8 Å². The molecule has 20 heavy (non-hydrogen) atoms. The van der Waals surface area contributed by atoms with E-state index in [1.54, 1.807) is 6.07 Å². The zero-order valence-electron chi connectivity index (χ0n) is 10.9. The summed E-state index contributed by atoms with van der Waals surface area (Å²) in [5, 5.41) is 25.8. The summed E-state index contributed by atoms with van der Waals surface area (Å²) in [6.07, 6.45) is 0.877. The molecule has 0 amide bonds. The Balaban J connectivity index is 1.97. The van der Waals surface area contributed by atoms with Gasteiger partial charge in [0.2, 0.25) is 0 Å². The molecule has 5 nitrogen and oxygen atoms in total. The first-order chi connectivity index (χ1) is 9.81. The Morgan fingerprint density at radius 2 is 2.20 bits per heavy atom. The van der Waals surface area contributed by atoms with Crippen molar-refractivity contribution in [2.24, 2.45) is 0 Å². The largest absolute Gasteiger partial charge is 0.312 e. The van der Waals surface area contributed by atoms with E-state index in [1.807, 2.05) is 22.9 Å². The highest BCUT2D eigenvalue weighted by molar-refractivity contribution is 5.38. The number of nitrogens with zero attached hydrogens (tertiary/aromatic N) is 4. The molecule has 1 aliphatic rings. The van der Waals surface area contributed by atoms with E-state index in [2.05, 4.69) is 22.6 Å². The number of benzene rings is 1. The van der Waals surface area contributed by atoms with Crippen LogP contribution in [0.2, 0.25) is 0 Å². The van der Waals surface area contributed by atoms with Crippen molar-refractivity contribution in [1.82, 2.24) is 15.1 Å². The summed E-state index contributed by atoms with van der Waals surface area (Å²) < 4.78 is 1.89. The summed E-state index contributed by atoms with van der Waals surface area (Å²) in [5.41, 5.74) is 4.31. The van der Waals surface area contributed by atoms with Crippen molar-refractivity contribution in [1.29, 1.82) is 10.5 Å². The maximum absolute atomic E-state index is 9.16. The van der Waals surface area contributed by atoms with Crippen LogP contribution in [-0.2, 0) is 19.5 Å². The van der Waals surface area contributed by atoms with Crippen LogP contribution in [0.25, 0.3) is 0 Å². The van der Waals surface area contributed by atoms with Crippen molar-refractivity contribution in [3.63, 3.8) is 0 Å². The van der Waals surface area contributed by atoms with Crippen LogP contribution in [-0.4, -0.2) is 16.3 Å². The smallest absolute Gasteiger partial charge is 0.167 e. The van der Waals surface area contributed by atoms with Crippen LogP contribution in [0.15, 0.2) is 24.3 Å². The van der Waals surface area contributed by atoms with Crippen molar-refractivity contribution in [3.8, 4) is 12.1 Å². The number of nitrogens with one attached hydrogen (secondary N) is 1. The summed E-state index contributed by atoms with van der Waals surface area (Å²) >= 11 is 0. The lowest BCUT2D eigenvalue weighted by Gasteiger charge is -2.15. The van der Waals surface area contributed by atoms with Crippen molar-refractivity contribution in [2.75, 3.05) is 6.54 Å². The predicted octanol–water partition coefficient (Wildman–Crippen LogP) is 1.32. The fourth-order valence-corrected chi connectivity index (χ4v) is 2.55. The molecule has 5 heteroatoms. The average molecular weight is 263 g/mol. The Morgan fingerprint density at radius 3 is 3.00 bits per heavy atom. The molecule has 3 rings (SSSR count). The van der Waals surface area contributed by atoms with Crippen molar-refractivity contribution >= 4 is 0 Å². The van der Waals surface area contributed by atoms with Gasteiger partial charge in [-0.1, -0.05) is 12.1 Å². The molecule has 98 valence electrons. The van der Waals surface area contributed by atoms with Gasteiger partial charge in [-0.3, -0.25) is 4.68 Å². The molecule has 1 aromatic heterocycles. The quantitative estimate of drug-likeness (QED) is 0.886. The molecule has 1 aromatic carbocycles. The molecular formula is C15H13N5. The summed E-state index contributed by atoms with van der Waals surface area (Å²) in [6.45, 7) is 2.21. The van der Waals surface area contributed by atoms with E-state index in [0.29, 0.717) is 24.3 Å². The lowest BCUT2D eigenvalue weighted by molar-refractivity contribution is 0.582. The molecule has 0 bridgehead atoms. The number of nitriles is 2. The molecule has 1 aliphatic heterocycles. The number of hydrogen-bond acceptors (Lipinski definition) is 4. The average Bonchev–Trinajstić information content (AvgIpc) is 2.86. The van der Waals surface area contributed by atoms with Gasteiger partial charge in [0.1, 0.15) is 6.07 Å². The monoisotopic (exact) mass is 263 g/mol. The highest BCUT2D eigenvalue weighted by atomic mass is 15.3. The summed E-state index contributed by atoms with van der Waals surface area (Å²) in [6, 6.07) is 11.8. The van der Waals surface area contributed by atoms with Crippen LogP contribution in [0.5, 0.6) is 0 Å². The van der Waals surface area contributed by atoms with E-state index < -0.39 is 0 Å². The van der Waals surface area contributed by atoms with Gasteiger partial charge in [-0.2, -0.15) is 15.6 Å². The van der Waals surface area contributed by atoms with Gasteiger partial charge in [-0.25, -0.2) is 0 Å². The van der Waals surface area contributed by atoms with Crippen molar-refractivity contribution < 1.29 is 0 Å². The van der Waals surface area contributed by atoms with E-state index in [4.69, 9.17) is 10.5 Å². The lowest BCUT2D eigenvalue weighted by Crippen LogP contribution is -2.25. The highest BCUT2D eigenvalue weighted by Gasteiger charge is 2.20. The molecule has 2 aromatic rings. The fourth-order valence-electron chi connectivity index (χ4n) is 2.55. The maximum atomic E-state index is 9.16. The number of fused-ring (bicyclic) bond motifs is 1. The van der Waals surface area contributed by atoms with E-state index in [0.717, 1.165) is 29.8 Å². The third-order valence-corrected chi connectivity index (χ3v) is 3.50. The third-order valence-electron chi connectivity index (χ3n) is 3.50. The summed E-state index contributed by atoms with van der Waals surface area (Å²) in [7, 11) is 0. The van der Waals surface area contributed by atoms with Gasteiger partial charge in [0.25, 0.3) is 0 Å². The summed E-state index contributed by atoms with van der Waals surface area (Å²) in [5.74, 6) is 0. The van der Waals surface area contributed by atoms with Gasteiger partial charge < -0.3 is 5.32 Å². The van der Waals surface area contributed by atoms with Crippen LogP contribution in [0.4, 0.5) is 0 Å². The predicted molar refractivity (Wildman–Crippen MR) is 72.6 cm³/mol. The second-order valence-electron chi connectivity index (χ2n) is 4.78. The number of hydrogen-bond donors (Lipinski definition) is 1. The molecule has 0 radical (unpaired) electrons. The first kappa shape index (κ1) is 12.4. The molecule has 0 spiro atoms. The van der Waals surface area contributed by atoms with Gasteiger partial charge >= 0.3 is 0 Å². The van der Waals surface area contributed by atoms with Crippen LogP contribution in [0, 0.1) is 22.7 Å². The van der Waals surface area contributed by atoms with Crippen molar-refractivity contribution in [3.05, 3.63) is 52.3 Å². The van der Waals surface area contributed by atoms with Crippen LogP contribution < -0.4 is 5.32 Å². The Bertz CT molecular complexity index is 730. The van der Waals surface area contributed by atoms with E-state index in [1.165, 1.54) is 0 Å². The molecule has 0 saturated heterocycles. The van der Waals surface area contributed by atoms with Gasteiger partial charge in [-0.15, -0.1) is 0 Å². The minimum atomic E-state index is 0.503. The number of rotatable bonds is 2. The SMILES string of the molecule is N#Cc1cccc(Cn2nc(C#N)c3c2CCNC3)c1. The first-order valence-electron chi connectivity index (χ1n) is 6.50. The highest BCUT2D eigenvalue weighted by Crippen LogP contribution is 2.19. The molecular weight excluding hydrogens is 250 g/mol. The Kier molecular flexibility index (Phi) is 3.20. The van der Waals surface area contributed by atoms with E-state index in [9.17, 15) is 0 Å². The molecule has 1 N–H and O–H groups in total.